The highest BCUT2D eigenvalue weighted by molar-refractivity contribution is 7.80. The molecule has 0 fully saturated rings. The van der Waals surface area contributed by atoms with Crippen LogP contribution in [0.15, 0.2) is 51.7 Å². The van der Waals surface area contributed by atoms with Crippen molar-refractivity contribution < 1.29 is 13.9 Å². The van der Waals surface area contributed by atoms with Crippen LogP contribution in [0.3, 0.4) is 0 Å². The Kier molecular flexibility index (Phi) is 5.90. The quantitative estimate of drug-likeness (QED) is 0.327. The molecule has 0 saturated carbocycles. The lowest BCUT2D eigenvalue weighted by atomic mass is 10.1. The summed E-state index contributed by atoms with van der Waals surface area (Å²) in [5.74, 6) is 0.321. The third kappa shape index (κ3) is 4.86. The minimum Gasteiger partial charge on any atom is -0.481 e. The number of hydrazine groups is 1. The van der Waals surface area contributed by atoms with E-state index < -0.39 is 11.7 Å². The molecular formula is C23H23N3O4S. The van der Waals surface area contributed by atoms with Crippen molar-refractivity contribution >= 4 is 39.9 Å². The van der Waals surface area contributed by atoms with Gasteiger partial charge < -0.3 is 14.5 Å². The Bertz CT molecular complexity index is 1220. The van der Waals surface area contributed by atoms with Crippen molar-refractivity contribution in [2.24, 2.45) is 0 Å². The van der Waals surface area contributed by atoms with E-state index in [0.717, 1.165) is 30.2 Å². The summed E-state index contributed by atoms with van der Waals surface area (Å²) in [5.41, 5.74) is 9.34. The van der Waals surface area contributed by atoms with Crippen LogP contribution in [0.4, 0.5) is 5.69 Å². The second kappa shape index (κ2) is 8.77. The molecule has 0 bridgehead atoms. The molecule has 4 rings (SSSR count). The van der Waals surface area contributed by atoms with Gasteiger partial charge in [-0.2, -0.15) is 0 Å². The third-order valence-electron chi connectivity index (χ3n) is 5.26. The molecule has 1 aliphatic rings. The number of nitrogens with one attached hydrogen (secondary N) is 3. The zero-order valence-corrected chi connectivity index (χ0v) is 18.1. The van der Waals surface area contributed by atoms with Crippen molar-refractivity contribution in [3.63, 3.8) is 0 Å². The van der Waals surface area contributed by atoms with Crippen molar-refractivity contribution in [1.29, 1.82) is 0 Å². The Hall–Kier alpha value is -3.39. The highest BCUT2D eigenvalue weighted by atomic mass is 32.1. The van der Waals surface area contributed by atoms with E-state index in [1.807, 2.05) is 31.2 Å². The Balaban J connectivity index is 1.31. The van der Waals surface area contributed by atoms with Gasteiger partial charge in [0.25, 0.3) is 5.91 Å². The molecule has 1 aliphatic carbocycles. The summed E-state index contributed by atoms with van der Waals surface area (Å²) in [7, 11) is 0. The minimum atomic E-state index is -0.701. The molecule has 1 amide bonds. The average molecular weight is 438 g/mol. The smallest absolute Gasteiger partial charge is 0.336 e. The topological polar surface area (TPSA) is 92.6 Å². The first-order valence-electron chi connectivity index (χ1n) is 10.1. The van der Waals surface area contributed by atoms with Gasteiger partial charge in [0.1, 0.15) is 11.3 Å². The van der Waals surface area contributed by atoms with Gasteiger partial charge in [-0.05, 0) is 86.3 Å². The number of anilines is 1. The lowest BCUT2D eigenvalue weighted by Gasteiger charge is -2.17. The molecule has 0 spiro atoms. The van der Waals surface area contributed by atoms with Crippen molar-refractivity contribution in [1.82, 2.24) is 10.9 Å². The fourth-order valence-corrected chi connectivity index (χ4v) is 3.83. The second-order valence-corrected chi connectivity index (χ2v) is 7.98. The summed E-state index contributed by atoms with van der Waals surface area (Å²) in [5, 5.41) is 3.98. The van der Waals surface area contributed by atoms with Gasteiger partial charge in [0.2, 0.25) is 0 Å². The van der Waals surface area contributed by atoms with Crippen LogP contribution in [-0.2, 0) is 17.6 Å². The number of hydrogen-bond acceptors (Lipinski definition) is 5. The number of aryl methyl sites for hydroxylation is 3. The summed E-state index contributed by atoms with van der Waals surface area (Å²) in [6.45, 7) is 3.52. The van der Waals surface area contributed by atoms with E-state index in [9.17, 15) is 9.59 Å². The van der Waals surface area contributed by atoms with Gasteiger partial charge in [0, 0.05) is 23.2 Å². The molecule has 8 heteroatoms. The van der Waals surface area contributed by atoms with Crippen LogP contribution < -0.4 is 26.5 Å². The molecule has 3 aromatic rings. The van der Waals surface area contributed by atoms with E-state index in [1.165, 1.54) is 17.2 Å². The fraction of sp³-hybridized carbons (Fsp3) is 0.261. The number of amides is 1. The predicted octanol–water partition coefficient (Wildman–Crippen LogP) is 3.38. The first kappa shape index (κ1) is 20.9. The molecular weight excluding hydrogens is 414 g/mol. The number of fused-ring (bicyclic) bond motifs is 2. The van der Waals surface area contributed by atoms with Gasteiger partial charge in [-0.25, -0.2) is 4.79 Å². The van der Waals surface area contributed by atoms with E-state index in [4.69, 9.17) is 21.4 Å². The van der Waals surface area contributed by atoms with Crippen LogP contribution in [0.1, 0.15) is 30.0 Å². The Labute approximate surface area is 184 Å². The SMILES string of the molecule is Cc1cc(=O)oc2cc(NC(=S)NNC(=O)[C@@H](C)Oc3ccc4c(c3)CCC4)ccc12. The Morgan fingerprint density at radius 3 is 2.74 bits per heavy atom. The first-order chi connectivity index (χ1) is 14.9. The molecule has 0 radical (unpaired) electrons. The standard InChI is InChI=1S/C23H23N3O4S/c1-13-10-21(27)30-20-12-17(7-9-19(13)20)24-23(31)26-25-22(28)14(2)29-18-8-6-15-4-3-5-16(15)11-18/h6-12,14H,3-5H2,1-2H3,(H,25,28)(H2,24,26,31)/t14-/m1/s1. The molecule has 31 heavy (non-hydrogen) atoms. The Morgan fingerprint density at radius 2 is 1.90 bits per heavy atom. The predicted molar refractivity (Wildman–Crippen MR) is 123 cm³/mol. The van der Waals surface area contributed by atoms with E-state index in [1.54, 1.807) is 13.0 Å². The van der Waals surface area contributed by atoms with Gasteiger partial charge in [0.15, 0.2) is 11.2 Å². The molecule has 2 aromatic carbocycles. The van der Waals surface area contributed by atoms with Crippen LogP contribution in [0.2, 0.25) is 0 Å². The maximum Gasteiger partial charge on any atom is 0.336 e. The number of carbonyl (C=O) groups is 1. The number of ether oxygens (including phenoxy) is 1. The molecule has 1 atom stereocenters. The van der Waals surface area contributed by atoms with E-state index in [2.05, 4.69) is 22.2 Å². The summed E-state index contributed by atoms with van der Waals surface area (Å²) >= 11 is 5.23. The third-order valence-corrected chi connectivity index (χ3v) is 5.46. The van der Waals surface area contributed by atoms with Crippen molar-refractivity contribution in [2.75, 3.05) is 5.32 Å². The van der Waals surface area contributed by atoms with E-state index in [0.29, 0.717) is 17.0 Å². The largest absolute Gasteiger partial charge is 0.481 e. The fourth-order valence-electron chi connectivity index (χ4n) is 3.66. The van der Waals surface area contributed by atoms with E-state index >= 15 is 0 Å². The maximum atomic E-state index is 12.4. The molecule has 1 heterocycles. The molecule has 3 N–H and O–H groups in total. The summed E-state index contributed by atoms with van der Waals surface area (Å²) < 4.78 is 11.0. The van der Waals surface area contributed by atoms with E-state index in [-0.39, 0.29) is 11.0 Å². The van der Waals surface area contributed by atoms with Crippen LogP contribution in [0.5, 0.6) is 5.75 Å². The number of carbonyl (C=O) groups excluding carboxylic acids is 1. The van der Waals surface area contributed by atoms with Crippen LogP contribution in [-0.4, -0.2) is 17.1 Å². The number of hydrogen-bond donors (Lipinski definition) is 3. The maximum absolute atomic E-state index is 12.4. The second-order valence-electron chi connectivity index (χ2n) is 7.57. The van der Waals surface area contributed by atoms with Crippen LogP contribution >= 0.6 is 12.2 Å². The van der Waals surface area contributed by atoms with Gasteiger partial charge in [-0.1, -0.05) is 6.07 Å². The van der Waals surface area contributed by atoms with Gasteiger partial charge in [-0.3, -0.25) is 15.6 Å². The summed E-state index contributed by atoms with van der Waals surface area (Å²) in [6, 6.07) is 12.7. The van der Waals surface area contributed by atoms with Crippen molar-refractivity contribution in [3.05, 3.63) is 69.6 Å². The van der Waals surface area contributed by atoms with Crippen molar-refractivity contribution in [3.8, 4) is 5.75 Å². The number of benzene rings is 2. The minimum absolute atomic E-state index is 0.187. The number of thiocarbonyl (C=S) groups is 1. The first-order valence-corrected chi connectivity index (χ1v) is 10.5. The van der Waals surface area contributed by atoms with Crippen LogP contribution in [0.25, 0.3) is 11.0 Å². The number of rotatable bonds is 4. The highest BCUT2D eigenvalue weighted by Crippen LogP contribution is 2.26. The Morgan fingerprint density at radius 1 is 1.10 bits per heavy atom. The van der Waals surface area contributed by atoms with Gasteiger partial charge >= 0.3 is 5.63 Å². The lowest BCUT2D eigenvalue weighted by Crippen LogP contribution is -2.48. The van der Waals surface area contributed by atoms with Crippen molar-refractivity contribution in [2.45, 2.75) is 39.2 Å². The molecule has 0 unspecified atom stereocenters. The molecule has 0 saturated heterocycles. The van der Waals surface area contributed by atoms with Crippen LogP contribution in [0, 0.1) is 6.92 Å². The van der Waals surface area contributed by atoms with Gasteiger partial charge in [0.05, 0.1) is 0 Å². The molecule has 1 aromatic heterocycles. The average Bonchev–Trinajstić information content (AvgIpc) is 3.19. The normalized spacial score (nSPS) is 13.4. The zero-order chi connectivity index (χ0) is 22.0. The lowest BCUT2D eigenvalue weighted by molar-refractivity contribution is -0.127. The van der Waals surface area contributed by atoms with Gasteiger partial charge in [-0.15, -0.1) is 0 Å². The zero-order valence-electron chi connectivity index (χ0n) is 17.3. The molecule has 7 nitrogen and oxygen atoms in total. The molecule has 160 valence electrons. The summed E-state index contributed by atoms with van der Waals surface area (Å²) in [6.07, 6.45) is 2.61. The highest BCUT2D eigenvalue weighted by Gasteiger charge is 2.17. The molecule has 0 aliphatic heterocycles. The monoisotopic (exact) mass is 437 g/mol. The summed E-state index contributed by atoms with van der Waals surface area (Å²) in [4.78, 5) is 23.9.